The fourth-order valence-electron chi connectivity index (χ4n) is 7.99. The lowest BCUT2D eigenvalue weighted by Gasteiger charge is -2.22. The maximum atomic E-state index is 5.23. The van der Waals surface area contributed by atoms with Gasteiger partial charge >= 0.3 is 0 Å². The minimum absolute atomic E-state index is 0.0196. The number of hydrogen-bond donors (Lipinski definition) is 0. The monoisotopic (exact) mass is 598 g/mol. The minimum Gasteiger partial charge on any atom is -0.228 e. The molecule has 220 valence electrons. The van der Waals surface area contributed by atoms with E-state index in [4.69, 9.17) is 9.97 Å². The molecule has 2 heteroatoms. The summed E-state index contributed by atoms with van der Waals surface area (Å²) >= 11 is 0. The number of para-hydroxylation sites is 1. The van der Waals surface area contributed by atoms with E-state index in [9.17, 15) is 0 Å². The first kappa shape index (κ1) is 26.4. The Bertz CT molecular complexity index is 2770. The first-order valence-electron chi connectivity index (χ1n) is 16.3. The van der Waals surface area contributed by atoms with E-state index >= 15 is 0 Å². The van der Waals surface area contributed by atoms with Gasteiger partial charge in [-0.25, -0.2) is 9.97 Å². The Balaban J connectivity index is 1.17. The van der Waals surface area contributed by atoms with Crippen LogP contribution < -0.4 is 0 Å². The Morgan fingerprint density at radius 1 is 0.426 bits per heavy atom. The number of fused-ring (bicyclic) bond motifs is 10. The molecule has 1 aliphatic carbocycles. The van der Waals surface area contributed by atoms with Crippen LogP contribution in [0.15, 0.2) is 146 Å². The maximum absolute atomic E-state index is 5.23. The Morgan fingerprint density at radius 2 is 1.11 bits per heavy atom. The lowest BCUT2D eigenvalue weighted by molar-refractivity contribution is 0.661. The van der Waals surface area contributed by atoms with Crippen molar-refractivity contribution in [1.29, 1.82) is 0 Å². The smallest absolute Gasteiger partial charge is 0.160 e. The molecule has 0 unspecified atom stereocenters. The fourth-order valence-corrected chi connectivity index (χ4v) is 7.99. The molecule has 0 fully saturated rings. The molecule has 0 saturated carbocycles. The van der Waals surface area contributed by atoms with Crippen LogP contribution in [0.1, 0.15) is 25.0 Å². The molecule has 0 radical (unpaired) electrons. The summed E-state index contributed by atoms with van der Waals surface area (Å²) in [6, 6.07) is 52.9. The van der Waals surface area contributed by atoms with Crippen LogP contribution >= 0.6 is 0 Å². The zero-order valence-corrected chi connectivity index (χ0v) is 26.3. The SMILES string of the molecule is CC1(C)c2ccccc2-c2cc3c(ccc4ccc5cc(-c6nc(-c7ccc8ccccc8c7)c7ccccc7n6)ccc5c43)cc21. The van der Waals surface area contributed by atoms with Gasteiger partial charge in [-0.05, 0) is 95.7 Å². The second-order valence-electron chi connectivity index (χ2n) is 13.4. The van der Waals surface area contributed by atoms with Crippen molar-refractivity contribution in [2.45, 2.75) is 19.3 Å². The van der Waals surface area contributed by atoms with Gasteiger partial charge in [-0.3, -0.25) is 0 Å². The highest BCUT2D eigenvalue weighted by Crippen LogP contribution is 2.50. The second-order valence-corrected chi connectivity index (χ2v) is 13.4. The van der Waals surface area contributed by atoms with Gasteiger partial charge in [-0.1, -0.05) is 129 Å². The van der Waals surface area contributed by atoms with Gasteiger partial charge < -0.3 is 0 Å². The third-order valence-electron chi connectivity index (χ3n) is 10.4. The Morgan fingerprint density at radius 3 is 2.00 bits per heavy atom. The van der Waals surface area contributed by atoms with Crippen LogP contribution in [-0.2, 0) is 5.41 Å². The van der Waals surface area contributed by atoms with Crippen LogP contribution in [0.4, 0.5) is 0 Å². The lowest BCUT2D eigenvalue weighted by atomic mass is 9.81. The van der Waals surface area contributed by atoms with E-state index in [1.165, 1.54) is 65.3 Å². The molecule has 0 amide bonds. The van der Waals surface area contributed by atoms with E-state index < -0.39 is 0 Å². The molecule has 1 aromatic heterocycles. The normalized spacial score (nSPS) is 13.5. The summed E-state index contributed by atoms with van der Waals surface area (Å²) in [5.74, 6) is 0.739. The summed E-state index contributed by atoms with van der Waals surface area (Å²) in [5, 5.41) is 11.1. The van der Waals surface area contributed by atoms with Crippen molar-refractivity contribution in [2.75, 3.05) is 0 Å². The highest BCUT2D eigenvalue weighted by atomic mass is 14.9. The standard InChI is InChI=1S/C45H30N2/c1-45(2)39-13-7-5-11-35(39)38-26-37-31(25-40(38)45)19-17-28-16-18-30-24-33(21-22-34(30)42(28)37)44-46-41-14-8-6-12-36(41)43(47-44)32-20-15-27-9-3-4-10-29(27)23-32/h3-26H,1-2H3. The van der Waals surface area contributed by atoms with E-state index in [2.05, 4.69) is 159 Å². The third-order valence-corrected chi connectivity index (χ3v) is 10.4. The topological polar surface area (TPSA) is 25.8 Å². The molecule has 0 atom stereocenters. The average Bonchev–Trinajstić information content (AvgIpc) is 3.34. The summed E-state index contributed by atoms with van der Waals surface area (Å²) in [5.41, 5.74) is 9.51. The molecule has 9 aromatic rings. The first-order chi connectivity index (χ1) is 23.0. The molecule has 1 heterocycles. The molecule has 2 nitrogen and oxygen atoms in total. The predicted molar refractivity (Wildman–Crippen MR) is 198 cm³/mol. The van der Waals surface area contributed by atoms with Crippen molar-refractivity contribution in [2.24, 2.45) is 0 Å². The number of benzene rings is 8. The lowest BCUT2D eigenvalue weighted by Crippen LogP contribution is -2.14. The van der Waals surface area contributed by atoms with Crippen LogP contribution in [0.3, 0.4) is 0 Å². The number of hydrogen-bond acceptors (Lipinski definition) is 2. The zero-order chi connectivity index (χ0) is 31.3. The van der Waals surface area contributed by atoms with Crippen molar-refractivity contribution in [3.63, 3.8) is 0 Å². The molecule has 0 saturated heterocycles. The van der Waals surface area contributed by atoms with E-state index in [0.717, 1.165) is 33.5 Å². The Hall–Kier alpha value is -5.86. The van der Waals surface area contributed by atoms with Gasteiger partial charge in [0.2, 0.25) is 0 Å². The molecule has 8 aromatic carbocycles. The van der Waals surface area contributed by atoms with E-state index in [1.54, 1.807) is 0 Å². The van der Waals surface area contributed by atoms with Crippen LogP contribution in [0.25, 0.3) is 87.8 Å². The molecular formula is C45H30N2. The highest BCUT2D eigenvalue weighted by molar-refractivity contribution is 6.21. The number of rotatable bonds is 2. The number of aromatic nitrogens is 2. The van der Waals surface area contributed by atoms with Gasteiger partial charge in [0.1, 0.15) is 0 Å². The molecular weight excluding hydrogens is 569 g/mol. The number of nitrogens with zero attached hydrogens (tertiary/aromatic N) is 2. The summed E-state index contributed by atoms with van der Waals surface area (Å²) < 4.78 is 0. The quantitative estimate of drug-likeness (QED) is 0.185. The average molecular weight is 599 g/mol. The molecule has 0 bridgehead atoms. The Labute approximate surface area is 273 Å². The summed E-state index contributed by atoms with van der Waals surface area (Å²) in [4.78, 5) is 10.3. The fraction of sp³-hybridized carbons (Fsp3) is 0.0667. The summed E-state index contributed by atoms with van der Waals surface area (Å²) in [6.07, 6.45) is 0. The van der Waals surface area contributed by atoms with E-state index in [1.807, 2.05) is 0 Å². The van der Waals surface area contributed by atoms with E-state index in [-0.39, 0.29) is 5.41 Å². The van der Waals surface area contributed by atoms with Gasteiger partial charge in [0.25, 0.3) is 0 Å². The highest BCUT2D eigenvalue weighted by Gasteiger charge is 2.35. The first-order valence-corrected chi connectivity index (χ1v) is 16.3. The molecule has 10 rings (SSSR count). The minimum atomic E-state index is -0.0196. The maximum Gasteiger partial charge on any atom is 0.160 e. The molecule has 0 aliphatic heterocycles. The van der Waals surface area contributed by atoms with Gasteiger partial charge in [0.15, 0.2) is 5.82 Å². The summed E-state index contributed by atoms with van der Waals surface area (Å²) in [7, 11) is 0. The Kier molecular flexibility index (Phi) is 5.37. The van der Waals surface area contributed by atoms with Crippen molar-refractivity contribution < 1.29 is 0 Å². The van der Waals surface area contributed by atoms with Crippen LogP contribution in [-0.4, -0.2) is 9.97 Å². The van der Waals surface area contributed by atoms with Crippen molar-refractivity contribution in [3.8, 4) is 33.8 Å². The van der Waals surface area contributed by atoms with Crippen LogP contribution in [0.5, 0.6) is 0 Å². The van der Waals surface area contributed by atoms with Gasteiger partial charge in [-0.2, -0.15) is 0 Å². The van der Waals surface area contributed by atoms with Gasteiger partial charge in [-0.15, -0.1) is 0 Å². The van der Waals surface area contributed by atoms with Crippen LogP contribution in [0, 0.1) is 0 Å². The molecule has 0 N–H and O–H groups in total. The van der Waals surface area contributed by atoms with Crippen LogP contribution in [0.2, 0.25) is 0 Å². The molecule has 1 aliphatic rings. The zero-order valence-electron chi connectivity index (χ0n) is 26.3. The van der Waals surface area contributed by atoms with Crippen molar-refractivity contribution in [1.82, 2.24) is 9.97 Å². The largest absolute Gasteiger partial charge is 0.228 e. The van der Waals surface area contributed by atoms with Crippen molar-refractivity contribution >= 4 is 54.0 Å². The van der Waals surface area contributed by atoms with Gasteiger partial charge in [0.05, 0.1) is 11.2 Å². The van der Waals surface area contributed by atoms with Gasteiger partial charge in [0, 0.05) is 21.9 Å². The third kappa shape index (κ3) is 3.85. The van der Waals surface area contributed by atoms with Crippen molar-refractivity contribution in [3.05, 3.63) is 157 Å². The second kappa shape index (κ2) is 9.57. The summed E-state index contributed by atoms with van der Waals surface area (Å²) in [6.45, 7) is 4.70. The van der Waals surface area contributed by atoms with E-state index in [0.29, 0.717) is 0 Å². The predicted octanol–water partition coefficient (Wildman–Crippen LogP) is 11.9. The molecule has 0 spiro atoms. The molecule has 47 heavy (non-hydrogen) atoms.